The zero-order valence-electron chi connectivity index (χ0n) is 23.2. The minimum atomic E-state index is -4.52. The van der Waals surface area contributed by atoms with E-state index in [9.17, 15) is 27.5 Å². The largest absolute Gasteiger partial charge is 0.478 e. The van der Waals surface area contributed by atoms with Crippen molar-refractivity contribution in [3.8, 4) is 0 Å². The molecule has 5 rings (SSSR count). The van der Waals surface area contributed by atoms with E-state index in [0.29, 0.717) is 48.0 Å². The predicted molar refractivity (Wildman–Crippen MR) is 155 cm³/mol. The molecule has 0 unspecified atom stereocenters. The molecule has 1 heterocycles. The van der Waals surface area contributed by atoms with Gasteiger partial charge in [0.25, 0.3) is 0 Å². The van der Waals surface area contributed by atoms with Gasteiger partial charge in [-0.2, -0.15) is 13.2 Å². The maximum absolute atomic E-state index is 14.4. The van der Waals surface area contributed by atoms with Gasteiger partial charge < -0.3 is 5.11 Å². The number of hydrogen-bond donors (Lipinski definition) is 1. The van der Waals surface area contributed by atoms with Crippen molar-refractivity contribution in [2.75, 3.05) is 26.3 Å². The van der Waals surface area contributed by atoms with Crippen molar-refractivity contribution in [1.29, 1.82) is 0 Å². The number of likely N-dealkylation sites (tertiary alicyclic amines) is 1. The Balaban J connectivity index is 1.64. The second kappa shape index (κ2) is 11.6. The minimum Gasteiger partial charge on any atom is -0.478 e. The summed E-state index contributed by atoms with van der Waals surface area (Å²) in [4.78, 5) is 13.9. The molecule has 2 aliphatic rings. The Morgan fingerprint density at radius 2 is 1.73 bits per heavy atom. The number of hydrogen-bond acceptors (Lipinski definition) is 2. The number of carbonyl (C=O) groups is 1. The SMILES string of the molecule is Cc1cc(C)c(C2=C(c3ccc(C=C4CN(CCCF)C4)cc3)c3ccc(C(=O)O)cc3CCC2)c(C(F)(F)F)c1. The summed E-state index contributed by atoms with van der Waals surface area (Å²) in [5.41, 5.74) is 6.83. The summed E-state index contributed by atoms with van der Waals surface area (Å²) in [5, 5.41) is 9.58. The number of carboxylic acid groups (broad SMARTS) is 1. The van der Waals surface area contributed by atoms with Gasteiger partial charge in [-0.3, -0.25) is 9.29 Å². The number of alkyl halides is 4. The quantitative estimate of drug-likeness (QED) is 0.294. The van der Waals surface area contributed by atoms with Crippen LogP contribution in [0.2, 0.25) is 0 Å². The minimum absolute atomic E-state index is 0.164. The van der Waals surface area contributed by atoms with Crippen molar-refractivity contribution in [1.82, 2.24) is 4.90 Å². The zero-order chi connectivity index (χ0) is 29.3. The maximum Gasteiger partial charge on any atom is 0.417 e. The third-order valence-corrected chi connectivity index (χ3v) is 7.91. The summed E-state index contributed by atoms with van der Waals surface area (Å²) in [5.74, 6) is -1.03. The molecule has 3 aromatic rings. The summed E-state index contributed by atoms with van der Waals surface area (Å²) in [6, 6.07) is 15.8. The molecule has 3 nitrogen and oxygen atoms in total. The first-order valence-electron chi connectivity index (χ1n) is 13.9. The van der Waals surface area contributed by atoms with Crippen LogP contribution >= 0.6 is 0 Å². The van der Waals surface area contributed by atoms with Crippen molar-refractivity contribution < 1.29 is 27.5 Å². The number of allylic oxidation sites excluding steroid dienone is 1. The molecule has 7 heteroatoms. The number of nitrogens with zero attached hydrogens (tertiary/aromatic N) is 1. The highest BCUT2D eigenvalue weighted by molar-refractivity contribution is 6.02. The zero-order valence-corrected chi connectivity index (χ0v) is 23.2. The average Bonchev–Trinajstić information content (AvgIpc) is 3.08. The van der Waals surface area contributed by atoms with E-state index in [2.05, 4.69) is 11.0 Å². The van der Waals surface area contributed by atoms with E-state index >= 15 is 0 Å². The van der Waals surface area contributed by atoms with Gasteiger partial charge in [0.2, 0.25) is 0 Å². The molecule has 0 atom stereocenters. The van der Waals surface area contributed by atoms with Gasteiger partial charge in [0.15, 0.2) is 0 Å². The summed E-state index contributed by atoms with van der Waals surface area (Å²) >= 11 is 0. The molecule has 0 radical (unpaired) electrons. The molecular formula is C34H33F4NO2. The monoisotopic (exact) mass is 563 g/mol. The molecule has 1 fully saturated rings. The van der Waals surface area contributed by atoms with Gasteiger partial charge in [-0.15, -0.1) is 0 Å². The number of fused-ring (bicyclic) bond motifs is 1. The van der Waals surface area contributed by atoms with Crippen molar-refractivity contribution in [3.63, 3.8) is 0 Å². The number of benzene rings is 3. The number of aryl methyl sites for hydroxylation is 3. The van der Waals surface area contributed by atoms with Gasteiger partial charge in [0.1, 0.15) is 0 Å². The van der Waals surface area contributed by atoms with E-state index in [4.69, 9.17) is 0 Å². The molecule has 1 aliphatic carbocycles. The highest BCUT2D eigenvalue weighted by atomic mass is 19.4. The average molecular weight is 564 g/mol. The van der Waals surface area contributed by atoms with Gasteiger partial charge >= 0.3 is 12.1 Å². The van der Waals surface area contributed by atoms with Crippen LogP contribution in [0, 0.1) is 13.8 Å². The van der Waals surface area contributed by atoms with E-state index in [-0.39, 0.29) is 17.8 Å². The normalized spacial score (nSPS) is 15.8. The summed E-state index contributed by atoms with van der Waals surface area (Å²) in [6.07, 6.45) is -0.285. The molecule has 0 aromatic heterocycles. The van der Waals surface area contributed by atoms with E-state index in [0.717, 1.165) is 41.9 Å². The van der Waals surface area contributed by atoms with Crippen molar-refractivity contribution in [2.45, 2.75) is 45.7 Å². The van der Waals surface area contributed by atoms with Crippen LogP contribution in [0.1, 0.15) is 74.1 Å². The first kappa shape index (κ1) is 28.8. The fourth-order valence-corrected chi connectivity index (χ4v) is 6.13. The van der Waals surface area contributed by atoms with Gasteiger partial charge in [-0.1, -0.05) is 48.0 Å². The summed E-state index contributed by atoms with van der Waals surface area (Å²) in [7, 11) is 0. The molecule has 0 bridgehead atoms. The highest BCUT2D eigenvalue weighted by Gasteiger charge is 2.36. The Morgan fingerprint density at radius 1 is 1.00 bits per heavy atom. The fourth-order valence-electron chi connectivity index (χ4n) is 6.13. The topological polar surface area (TPSA) is 40.5 Å². The lowest BCUT2D eigenvalue weighted by Gasteiger charge is -2.33. The molecule has 0 saturated carbocycles. The Morgan fingerprint density at radius 3 is 2.39 bits per heavy atom. The number of aromatic carboxylic acids is 1. The lowest BCUT2D eigenvalue weighted by atomic mass is 9.83. The second-order valence-electron chi connectivity index (χ2n) is 11.1. The van der Waals surface area contributed by atoms with Crippen molar-refractivity contribution in [3.05, 3.63) is 110 Å². The number of rotatable bonds is 7. The number of carboxylic acids is 1. The Bertz CT molecular complexity index is 1530. The van der Waals surface area contributed by atoms with E-state index in [1.807, 2.05) is 24.3 Å². The Kier molecular flexibility index (Phi) is 8.18. The summed E-state index contributed by atoms with van der Waals surface area (Å²) < 4.78 is 55.7. The maximum atomic E-state index is 14.4. The molecule has 0 spiro atoms. The molecule has 41 heavy (non-hydrogen) atoms. The van der Waals surface area contributed by atoms with Crippen LogP contribution < -0.4 is 0 Å². The van der Waals surface area contributed by atoms with Crippen LogP contribution in [0.25, 0.3) is 17.2 Å². The van der Waals surface area contributed by atoms with Gasteiger partial charge in [-0.25, -0.2) is 4.79 Å². The van der Waals surface area contributed by atoms with Gasteiger partial charge in [0.05, 0.1) is 17.8 Å². The molecule has 0 amide bonds. The third-order valence-electron chi connectivity index (χ3n) is 7.91. The van der Waals surface area contributed by atoms with Crippen LogP contribution in [-0.4, -0.2) is 42.3 Å². The van der Waals surface area contributed by atoms with Crippen LogP contribution in [-0.2, 0) is 12.6 Å². The van der Waals surface area contributed by atoms with Crippen LogP contribution in [0.4, 0.5) is 17.6 Å². The van der Waals surface area contributed by atoms with E-state index in [1.165, 1.54) is 17.7 Å². The van der Waals surface area contributed by atoms with Crippen molar-refractivity contribution >= 4 is 23.2 Å². The Hall–Kier alpha value is -3.71. The summed E-state index contributed by atoms with van der Waals surface area (Å²) in [6.45, 7) is 5.44. The molecular weight excluding hydrogens is 530 g/mol. The fraction of sp³-hybridized carbons (Fsp3) is 0.324. The van der Waals surface area contributed by atoms with Crippen LogP contribution in [0.15, 0.2) is 60.2 Å². The first-order valence-corrected chi connectivity index (χ1v) is 13.9. The molecule has 1 N–H and O–H groups in total. The molecule has 1 saturated heterocycles. The van der Waals surface area contributed by atoms with E-state index < -0.39 is 17.7 Å². The molecule has 3 aromatic carbocycles. The van der Waals surface area contributed by atoms with Gasteiger partial charge in [-0.05, 0) is 108 Å². The second-order valence-corrected chi connectivity index (χ2v) is 11.1. The lowest BCUT2D eigenvalue weighted by molar-refractivity contribution is -0.137. The third kappa shape index (κ3) is 6.15. The Labute approximate surface area is 237 Å². The first-order chi connectivity index (χ1) is 19.5. The van der Waals surface area contributed by atoms with Crippen LogP contribution in [0.3, 0.4) is 0 Å². The van der Waals surface area contributed by atoms with E-state index in [1.54, 1.807) is 32.0 Å². The predicted octanol–water partition coefficient (Wildman–Crippen LogP) is 8.37. The molecule has 214 valence electrons. The standard InChI is InChI=1S/C34H33F4NO2/c1-21-15-22(2)31(30(16-21)34(36,37)38)29-6-3-5-26-18-27(33(40)41)11-12-28(26)32(29)25-9-7-23(8-10-25)17-24-19-39(20-24)14-4-13-35/h7-12,15-18H,3-6,13-14,19-20H2,1-2H3,(H,40,41). The smallest absolute Gasteiger partial charge is 0.417 e. The molecule has 1 aliphatic heterocycles. The van der Waals surface area contributed by atoms with Gasteiger partial charge in [0, 0.05) is 19.6 Å². The van der Waals surface area contributed by atoms with Crippen LogP contribution in [0.5, 0.6) is 0 Å². The lowest BCUT2D eigenvalue weighted by Crippen LogP contribution is -2.40. The highest BCUT2D eigenvalue weighted by Crippen LogP contribution is 2.45. The van der Waals surface area contributed by atoms with Crippen molar-refractivity contribution in [2.24, 2.45) is 0 Å². The number of halogens is 4.